The summed E-state index contributed by atoms with van der Waals surface area (Å²) in [6.45, 7) is 2.15. The highest BCUT2D eigenvalue weighted by molar-refractivity contribution is 7.99. The third-order valence-electron chi connectivity index (χ3n) is 2.45. The van der Waals surface area contributed by atoms with Crippen molar-refractivity contribution < 1.29 is 9.53 Å². The van der Waals surface area contributed by atoms with Crippen LogP contribution in [0.2, 0.25) is 0 Å². The molecular formula is C11H14N4O3S. The van der Waals surface area contributed by atoms with Crippen LogP contribution in [0.3, 0.4) is 0 Å². The predicted molar refractivity (Wildman–Crippen MR) is 71.1 cm³/mol. The van der Waals surface area contributed by atoms with Crippen LogP contribution in [-0.4, -0.2) is 38.1 Å². The summed E-state index contributed by atoms with van der Waals surface area (Å²) < 4.78 is 6.20. The van der Waals surface area contributed by atoms with Crippen molar-refractivity contribution in [1.29, 1.82) is 0 Å². The quantitative estimate of drug-likeness (QED) is 0.493. The number of aromatic amines is 1. The van der Waals surface area contributed by atoms with Gasteiger partial charge in [0.05, 0.1) is 13.0 Å². The molecule has 0 fully saturated rings. The Morgan fingerprint density at radius 2 is 2.32 bits per heavy atom. The molecule has 8 heteroatoms. The van der Waals surface area contributed by atoms with E-state index in [9.17, 15) is 9.59 Å². The van der Waals surface area contributed by atoms with Crippen molar-refractivity contribution in [2.45, 2.75) is 18.4 Å². The summed E-state index contributed by atoms with van der Waals surface area (Å²) in [6, 6.07) is 0. The van der Waals surface area contributed by atoms with Crippen LogP contribution >= 0.6 is 11.8 Å². The van der Waals surface area contributed by atoms with Gasteiger partial charge in [-0.05, 0) is 6.92 Å². The molecule has 0 unspecified atom stereocenters. The summed E-state index contributed by atoms with van der Waals surface area (Å²) in [4.78, 5) is 31.0. The Kier molecular flexibility index (Phi) is 4.20. The van der Waals surface area contributed by atoms with E-state index < -0.39 is 0 Å². The molecule has 7 nitrogen and oxygen atoms in total. The molecular weight excluding hydrogens is 268 g/mol. The molecule has 0 amide bonds. The Labute approximate surface area is 113 Å². The van der Waals surface area contributed by atoms with Crippen LogP contribution in [0.4, 0.5) is 0 Å². The maximum absolute atomic E-state index is 11.7. The number of nitrogens with zero attached hydrogens (tertiary/aromatic N) is 3. The van der Waals surface area contributed by atoms with Gasteiger partial charge in [-0.25, -0.2) is 9.97 Å². The molecule has 0 bridgehead atoms. The summed E-state index contributed by atoms with van der Waals surface area (Å²) in [5, 5.41) is 3.56. The normalized spacial score (nSPS) is 10.8. The Balaban J connectivity index is 2.11. The number of hydrogen-bond acceptors (Lipinski definition) is 6. The highest BCUT2D eigenvalue weighted by atomic mass is 32.2. The summed E-state index contributed by atoms with van der Waals surface area (Å²) in [6.07, 6.45) is 1.66. The maximum atomic E-state index is 11.7. The molecule has 0 aromatic carbocycles. The van der Waals surface area contributed by atoms with E-state index >= 15 is 0 Å². The number of thioether (sulfide) groups is 1. The average molecular weight is 282 g/mol. The first-order valence-electron chi connectivity index (χ1n) is 5.81. The number of aryl methyl sites for hydroxylation is 1. The van der Waals surface area contributed by atoms with E-state index in [2.05, 4.69) is 15.1 Å². The van der Waals surface area contributed by atoms with Crippen molar-refractivity contribution in [3.8, 4) is 0 Å². The summed E-state index contributed by atoms with van der Waals surface area (Å²) in [5.74, 6) is 0.309. The van der Waals surface area contributed by atoms with Crippen LogP contribution in [0.25, 0.3) is 11.0 Å². The van der Waals surface area contributed by atoms with Crippen LogP contribution < -0.4 is 5.56 Å². The number of esters is 1. The van der Waals surface area contributed by atoms with Crippen molar-refractivity contribution in [3.63, 3.8) is 0 Å². The molecule has 2 heterocycles. The minimum absolute atomic E-state index is 0.190. The maximum Gasteiger partial charge on any atom is 0.306 e. The van der Waals surface area contributed by atoms with E-state index in [-0.39, 0.29) is 11.5 Å². The second-order valence-corrected chi connectivity index (χ2v) is 4.87. The minimum atomic E-state index is -0.234. The molecule has 0 aliphatic carbocycles. The minimum Gasteiger partial charge on any atom is -0.466 e. The highest BCUT2D eigenvalue weighted by Crippen LogP contribution is 2.21. The molecule has 19 heavy (non-hydrogen) atoms. The molecule has 0 atom stereocenters. The first-order valence-corrected chi connectivity index (χ1v) is 6.80. The van der Waals surface area contributed by atoms with Gasteiger partial charge < -0.3 is 4.74 Å². The third-order valence-corrected chi connectivity index (χ3v) is 3.44. The van der Waals surface area contributed by atoms with Gasteiger partial charge >= 0.3 is 5.97 Å². The monoisotopic (exact) mass is 282 g/mol. The SMILES string of the molecule is CCOC(=O)CCSc1ncnc2c(=O)n(C)[nH]c12. The molecule has 0 radical (unpaired) electrons. The van der Waals surface area contributed by atoms with Gasteiger partial charge in [0.15, 0.2) is 5.52 Å². The van der Waals surface area contributed by atoms with E-state index in [0.29, 0.717) is 34.8 Å². The molecule has 0 saturated carbocycles. The number of nitrogens with one attached hydrogen (secondary N) is 1. The van der Waals surface area contributed by atoms with Crippen LogP contribution in [0.1, 0.15) is 13.3 Å². The van der Waals surface area contributed by atoms with Crippen molar-refractivity contribution >= 4 is 28.8 Å². The number of rotatable bonds is 5. The first-order chi connectivity index (χ1) is 9.13. The number of H-pyrrole nitrogens is 1. The first kappa shape index (κ1) is 13.6. The van der Waals surface area contributed by atoms with Gasteiger partial charge in [0.1, 0.15) is 16.9 Å². The predicted octanol–water partition coefficient (Wildman–Crippen LogP) is 0.702. The fourth-order valence-electron chi connectivity index (χ4n) is 1.58. The smallest absolute Gasteiger partial charge is 0.306 e. The second kappa shape index (κ2) is 5.87. The lowest BCUT2D eigenvalue weighted by atomic mass is 10.5. The largest absolute Gasteiger partial charge is 0.466 e. The average Bonchev–Trinajstić information content (AvgIpc) is 2.67. The van der Waals surface area contributed by atoms with Crippen molar-refractivity contribution in [1.82, 2.24) is 19.7 Å². The van der Waals surface area contributed by atoms with Gasteiger partial charge in [0, 0.05) is 12.8 Å². The number of aromatic nitrogens is 4. The number of fused-ring (bicyclic) bond motifs is 1. The van der Waals surface area contributed by atoms with E-state index in [1.54, 1.807) is 14.0 Å². The van der Waals surface area contributed by atoms with Crippen molar-refractivity contribution in [2.75, 3.05) is 12.4 Å². The summed E-state index contributed by atoms with van der Waals surface area (Å²) >= 11 is 1.39. The van der Waals surface area contributed by atoms with Crippen molar-refractivity contribution in [2.24, 2.45) is 7.05 Å². The number of carbonyl (C=O) groups excluding carboxylic acids is 1. The van der Waals surface area contributed by atoms with Crippen LogP contribution in [0.15, 0.2) is 16.1 Å². The Morgan fingerprint density at radius 3 is 3.05 bits per heavy atom. The molecule has 1 N–H and O–H groups in total. The molecule has 0 aliphatic heterocycles. The molecule has 2 aromatic rings. The van der Waals surface area contributed by atoms with E-state index in [0.717, 1.165) is 0 Å². The van der Waals surface area contributed by atoms with E-state index in [1.807, 2.05) is 0 Å². The fraction of sp³-hybridized carbons (Fsp3) is 0.455. The van der Waals surface area contributed by atoms with Gasteiger partial charge in [0.25, 0.3) is 5.56 Å². The summed E-state index contributed by atoms with van der Waals surface area (Å²) in [5.41, 5.74) is 0.768. The standard InChI is InChI=1S/C11H14N4O3S/c1-3-18-7(16)4-5-19-10-8-9(12-6-13-10)11(17)15(2)14-8/h6,14H,3-5H2,1-2H3. The molecule has 102 valence electrons. The van der Waals surface area contributed by atoms with Crippen LogP contribution in [0, 0.1) is 0 Å². The van der Waals surface area contributed by atoms with Gasteiger partial charge in [-0.2, -0.15) is 0 Å². The zero-order valence-corrected chi connectivity index (χ0v) is 11.5. The lowest BCUT2D eigenvalue weighted by Gasteiger charge is -2.02. The Hall–Kier alpha value is -1.83. The van der Waals surface area contributed by atoms with E-state index in [1.165, 1.54) is 22.8 Å². The van der Waals surface area contributed by atoms with Crippen LogP contribution in [0.5, 0.6) is 0 Å². The van der Waals surface area contributed by atoms with Gasteiger partial charge in [-0.1, -0.05) is 0 Å². The topological polar surface area (TPSA) is 89.9 Å². The molecule has 0 spiro atoms. The van der Waals surface area contributed by atoms with Gasteiger partial charge in [0.2, 0.25) is 0 Å². The fourth-order valence-corrected chi connectivity index (χ4v) is 2.45. The Bertz CT molecular complexity index is 649. The van der Waals surface area contributed by atoms with Gasteiger partial charge in [-0.3, -0.25) is 19.4 Å². The Morgan fingerprint density at radius 1 is 1.53 bits per heavy atom. The lowest BCUT2D eigenvalue weighted by molar-refractivity contribution is -0.142. The van der Waals surface area contributed by atoms with E-state index in [4.69, 9.17) is 4.74 Å². The highest BCUT2D eigenvalue weighted by Gasteiger charge is 2.12. The second-order valence-electron chi connectivity index (χ2n) is 3.78. The molecule has 2 rings (SSSR count). The zero-order chi connectivity index (χ0) is 13.8. The molecule has 0 aliphatic rings. The zero-order valence-electron chi connectivity index (χ0n) is 10.7. The third kappa shape index (κ3) is 2.95. The summed E-state index contributed by atoms with van der Waals surface area (Å²) in [7, 11) is 1.62. The lowest BCUT2D eigenvalue weighted by Crippen LogP contribution is -2.11. The number of carbonyl (C=O) groups is 1. The molecule has 2 aromatic heterocycles. The molecule has 0 saturated heterocycles. The number of ether oxygens (including phenoxy) is 1. The number of hydrogen-bond donors (Lipinski definition) is 1. The van der Waals surface area contributed by atoms with Crippen LogP contribution in [-0.2, 0) is 16.6 Å². The van der Waals surface area contributed by atoms with Gasteiger partial charge in [-0.15, -0.1) is 11.8 Å². The van der Waals surface area contributed by atoms with Crippen molar-refractivity contribution in [3.05, 3.63) is 16.7 Å².